The van der Waals surface area contributed by atoms with E-state index in [9.17, 15) is 25.0 Å². The number of ether oxygens (including phenoxy) is 2. The van der Waals surface area contributed by atoms with Gasteiger partial charge in [-0.2, -0.15) is 5.10 Å². The van der Waals surface area contributed by atoms with Gasteiger partial charge in [0.2, 0.25) is 5.75 Å². The predicted molar refractivity (Wildman–Crippen MR) is 122 cm³/mol. The number of nitrogens with zero attached hydrogens (tertiary/aromatic N) is 3. The zero-order valence-electron chi connectivity index (χ0n) is 16.9. The summed E-state index contributed by atoms with van der Waals surface area (Å²) in [5.41, 5.74) is 2.45. The lowest BCUT2D eigenvalue weighted by molar-refractivity contribution is -0.394. The van der Waals surface area contributed by atoms with E-state index in [2.05, 4.69) is 26.5 Å². The molecule has 0 radical (unpaired) electrons. The van der Waals surface area contributed by atoms with Crippen molar-refractivity contribution in [3.63, 3.8) is 0 Å². The van der Waals surface area contributed by atoms with E-state index in [1.54, 1.807) is 36.4 Å². The third kappa shape index (κ3) is 5.89. The Morgan fingerprint density at radius 3 is 2.30 bits per heavy atom. The van der Waals surface area contributed by atoms with Crippen LogP contribution in [0.3, 0.4) is 0 Å². The summed E-state index contributed by atoms with van der Waals surface area (Å²) in [4.78, 5) is 32.8. The average Bonchev–Trinajstić information content (AvgIpc) is 2.80. The van der Waals surface area contributed by atoms with Crippen LogP contribution in [0.5, 0.6) is 17.2 Å². The van der Waals surface area contributed by atoms with E-state index in [0.717, 1.165) is 18.2 Å². The van der Waals surface area contributed by atoms with Crippen LogP contribution in [0.2, 0.25) is 0 Å². The molecule has 12 heteroatoms. The first kappa shape index (κ1) is 23.3. The predicted octanol–water partition coefficient (Wildman–Crippen LogP) is 4.83. The van der Waals surface area contributed by atoms with Crippen LogP contribution in [0.25, 0.3) is 0 Å². The van der Waals surface area contributed by atoms with Gasteiger partial charge in [0.05, 0.1) is 33.7 Å². The number of halogens is 1. The van der Waals surface area contributed by atoms with Crippen molar-refractivity contribution in [3.8, 4) is 17.2 Å². The number of hydrogen-bond donors (Lipinski definition) is 1. The highest BCUT2D eigenvalue weighted by molar-refractivity contribution is 9.10. The first-order valence-corrected chi connectivity index (χ1v) is 9.95. The Labute approximate surface area is 195 Å². The second kappa shape index (κ2) is 10.3. The fourth-order valence-corrected chi connectivity index (χ4v) is 3.10. The molecular formula is C21H15BrN4O7. The number of benzene rings is 3. The van der Waals surface area contributed by atoms with Crippen molar-refractivity contribution in [2.75, 3.05) is 7.11 Å². The number of rotatable bonds is 8. The maximum atomic E-state index is 12.1. The van der Waals surface area contributed by atoms with Gasteiger partial charge in [-0.15, -0.1) is 0 Å². The van der Waals surface area contributed by atoms with Crippen LogP contribution in [0.15, 0.2) is 70.2 Å². The first-order chi connectivity index (χ1) is 15.8. The molecule has 11 nitrogen and oxygen atoms in total. The van der Waals surface area contributed by atoms with E-state index in [0.29, 0.717) is 21.3 Å². The number of hydrazone groups is 1. The van der Waals surface area contributed by atoms with Crippen LogP contribution in [0, 0.1) is 20.2 Å². The zero-order valence-corrected chi connectivity index (χ0v) is 18.5. The fourth-order valence-electron chi connectivity index (χ4n) is 2.62. The monoisotopic (exact) mass is 514 g/mol. The van der Waals surface area contributed by atoms with Crippen molar-refractivity contribution in [2.24, 2.45) is 5.10 Å². The van der Waals surface area contributed by atoms with Gasteiger partial charge in [-0.05, 0) is 70.0 Å². The molecule has 0 aliphatic carbocycles. The number of nitro benzene ring substituents is 2. The molecule has 0 saturated carbocycles. The van der Waals surface area contributed by atoms with Crippen molar-refractivity contribution < 1.29 is 24.1 Å². The Bertz CT molecular complexity index is 1250. The van der Waals surface area contributed by atoms with Gasteiger partial charge in [-0.3, -0.25) is 25.0 Å². The molecule has 3 rings (SSSR count). The number of amides is 1. The molecule has 0 spiro atoms. The van der Waals surface area contributed by atoms with Crippen LogP contribution < -0.4 is 14.9 Å². The Balaban J connectivity index is 1.70. The molecule has 0 bridgehead atoms. The molecule has 0 aliphatic rings. The zero-order chi connectivity index (χ0) is 24.0. The fraction of sp³-hybridized carbons (Fsp3) is 0.0476. The maximum absolute atomic E-state index is 12.1. The summed E-state index contributed by atoms with van der Waals surface area (Å²) in [5, 5.41) is 26.0. The lowest BCUT2D eigenvalue weighted by Gasteiger charge is -2.09. The summed E-state index contributed by atoms with van der Waals surface area (Å²) in [6, 6.07) is 14.4. The van der Waals surface area contributed by atoms with E-state index in [-0.39, 0.29) is 11.5 Å². The van der Waals surface area contributed by atoms with Gasteiger partial charge >= 0.3 is 5.69 Å². The third-order valence-corrected chi connectivity index (χ3v) is 4.88. The number of carbonyl (C=O) groups is 1. The molecule has 0 unspecified atom stereocenters. The first-order valence-electron chi connectivity index (χ1n) is 9.16. The summed E-state index contributed by atoms with van der Waals surface area (Å²) >= 11 is 3.31. The summed E-state index contributed by atoms with van der Waals surface area (Å²) in [7, 11) is 1.53. The minimum absolute atomic E-state index is 0.153. The third-order valence-electron chi connectivity index (χ3n) is 4.26. The van der Waals surface area contributed by atoms with Gasteiger partial charge < -0.3 is 9.47 Å². The second-order valence-corrected chi connectivity index (χ2v) is 7.24. The minimum atomic E-state index is -0.761. The summed E-state index contributed by atoms with van der Waals surface area (Å²) < 4.78 is 11.1. The number of methoxy groups -OCH3 is 1. The largest absolute Gasteiger partial charge is 0.497 e. The molecule has 0 atom stereocenters. The Hall–Kier alpha value is -4.32. The smallest absolute Gasteiger partial charge is 0.318 e. The van der Waals surface area contributed by atoms with Gasteiger partial charge in [-0.25, -0.2) is 5.43 Å². The minimum Gasteiger partial charge on any atom is -0.497 e. The molecule has 0 fully saturated rings. The lowest BCUT2D eigenvalue weighted by atomic mass is 10.2. The number of hydrogen-bond acceptors (Lipinski definition) is 8. The van der Waals surface area contributed by atoms with Crippen LogP contribution in [-0.2, 0) is 0 Å². The molecule has 0 saturated heterocycles. The summed E-state index contributed by atoms with van der Waals surface area (Å²) in [5.74, 6) is 0.311. The van der Waals surface area contributed by atoms with E-state index in [1.165, 1.54) is 19.4 Å². The van der Waals surface area contributed by atoms with Gasteiger partial charge in [-0.1, -0.05) is 0 Å². The lowest BCUT2D eigenvalue weighted by Crippen LogP contribution is -2.17. The molecule has 0 aliphatic heterocycles. The SMILES string of the molecule is COc1ccc(C(=O)N/N=C\c2ccc(Oc3ccc([N+](=O)[O-])cc3[N+](=O)[O-])c(Br)c2)cc1. The molecule has 33 heavy (non-hydrogen) atoms. The molecule has 3 aromatic carbocycles. The number of non-ortho nitro benzene ring substituents is 1. The van der Waals surface area contributed by atoms with E-state index < -0.39 is 27.1 Å². The number of nitro groups is 2. The molecule has 0 heterocycles. The van der Waals surface area contributed by atoms with Gasteiger partial charge in [0.15, 0.2) is 0 Å². The highest BCUT2D eigenvalue weighted by Crippen LogP contribution is 2.37. The Kier molecular flexibility index (Phi) is 7.31. The Morgan fingerprint density at radius 1 is 1.00 bits per heavy atom. The van der Waals surface area contributed by atoms with Gasteiger partial charge in [0, 0.05) is 11.6 Å². The normalized spacial score (nSPS) is 10.6. The summed E-state index contributed by atoms with van der Waals surface area (Å²) in [6.07, 6.45) is 1.41. The highest BCUT2D eigenvalue weighted by atomic mass is 79.9. The number of nitrogens with one attached hydrogen (secondary N) is 1. The topological polar surface area (TPSA) is 146 Å². The van der Waals surface area contributed by atoms with Crippen LogP contribution in [0.1, 0.15) is 15.9 Å². The van der Waals surface area contributed by atoms with E-state index in [4.69, 9.17) is 9.47 Å². The Morgan fingerprint density at radius 2 is 1.70 bits per heavy atom. The average molecular weight is 515 g/mol. The van der Waals surface area contributed by atoms with E-state index in [1.807, 2.05) is 0 Å². The van der Waals surface area contributed by atoms with Crippen molar-refractivity contribution in [1.82, 2.24) is 5.43 Å². The van der Waals surface area contributed by atoms with E-state index >= 15 is 0 Å². The molecule has 3 aromatic rings. The molecule has 1 N–H and O–H groups in total. The number of carbonyl (C=O) groups excluding carboxylic acids is 1. The standard InChI is InChI=1S/C21H15BrN4O7/c1-32-16-6-3-14(4-7-16)21(27)24-23-12-13-2-8-19(17(22)10-13)33-20-9-5-15(25(28)29)11-18(20)26(30)31/h2-12H,1H3,(H,24,27)/b23-12-. The van der Waals surface area contributed by atoms with Gasteiger partial charge in [0.1, 0.15) is 11.5 Å². The quantitative estimate of drug-likeness (QED) is 0.257. The van der Waals surface area contributed by atoms with Crippen LogP contribution in [0.4, 0.5) is 11.4 Å². The van der Waals surface area contributed by atoms with Crippen molar-refractivity contribution in [1.29, 1.82) is 0 Å². The van der Waals surface area contributed by atoms with Crippen LogP contribution >= 0.6 is 15.9 Å². The van der Waals surface area contributed by atoms with Crippen molar-refractivity contribution in [3.05, 3.63) is 96.5 Å². The second-order valence-electron chi connectivity index (χ2n) is 6.39. The summed E-state index contributed by atoms with van der Waals surface area (Å²) in [6.45, 7) is 0. The van der Waals surface area contributed by atoms with Crippen molar-refractivity contribution in [2.45, 2.75) is 0 Å². The molecule has 1 amide bonds. The molecular weight excluding hydrogens is 500 g/mol. The highest BCUT2D eigenvalue weighted by Gasteiger charge is 2.21. The van der Waals surface area contributed by atoms with Crippen molar-refractivity contribution >= 4 is 39.4 Å². The molecule has 168 valence electrons. The van der Waals surface area contributed by atoms with Crippen LogP contribution in [-0.4, -0.2) is 29.1 Å². The molecule has 0 aromatic heterocycles. The maximum Gasteiger partial charge on any atom is 0.318 e. The van der Waals surface area contributed by atoms with Gasteiger partial charge in [0.25, 0.3) is 11.6 Å².